The van der Waals surface area contributed by atoms with Crippen molar-refractivity contribution in [2.45, 2.75) is 6.92 Å². The highest BCUT2D eigenvalue weighted by molar-refractivity contribution is 5.75. The maximum atomic E-state index is 2.25. The molecule has 0 saturated heterocycles. The number of benzene rings is 4. The van der Waals surface area contributed by atoms with Gasteiger partial charge in [-0.1, -0.05) is 127 Å². The molecule has 0 amide bonds. The van der Waals surface area contributed by atoms with Gasteiger partial charge in [-0.05, 0) is 45.9 Å². The van der Waals surface area contributed by atoms with Crippen LogP contribution in [0.3, 0.4) is 0 Å². The van der Waals surface area contributed by atoms with Gasteiger partial charge in [-0.2, -0.15) is 0 Å². The molecule has 29 heavy (non-hydrogen) atoms. The van der Waals surface area contributed by atoms with Crippen molar-refractivity contribution in [3.05, 3.63) is 131 Å². The van der Waals surface area contributed by atoms with Gasteiger partial charge in [0.05, 0.1) is 0 Å². The molecule has 4 rings (SSSR count). The molecule has 0 unspecified atom stereocenters. The maximum absolute atomic E-state index is 2.25. The van der Waals surface area contributed by atoms with Crippen LogP contribution in [0, 0.1) is 6.92 Å². The molecular weight excluding hydrogens is 348 g/mol. The molecule has 0 saturated carbocycles. The molecule has 0 atom stereocenters. The van der Waals surface area contributed by atoms with Gasteiger partial charge in [-0.3, -0.25) is 0 Å². The third-order valence-corrected chi connectivity index (χ3v) is 5.01. The maximum Gasteiger partial charge on any atom is -0.0154 e. The molecule has 0 radical (unpaired) electrons. The Morgan fingerprint density at radius 3 is 1.41 bits per heavy atom. The predicted octanol–water partition coefficient (Wildman–Crippen LogP) is 8.00. The number of hydrogen-bond acceptors (Lipinski definition) is 0. The van der Waals surface area contributed by atoms with E-state index in [2.05, 4.69) is 122 Å². The van der Waals surface area contributed by atoms with Gasteiger partial charge in [-0.15, -0.1) is 0 Å². The van der Waals surface area contributed by atoms with E-state index in [0.29, 0.717) is 0 Å². The molecule has 0 aliphatic rings. The zero-order chi connectivity index (χ0) is 19.9. The second kappa shape index (κ2) is 9.03. The van der Waals surface area contributed by atoms with Crippen LogP contribution in [0.1, 0.15) is 27.8 Å². The molecule has 0 spiro atoms. The first kappa shape index (κ1) is 18.7. The van der Waals surface area contributed by atoms with E-state index in [-0.39, 0.29) is 0 Å². The van der Waals surface area contributed by atoms with Crippen LogP contribution >= 0.6 is 0 Å². The predicted molar refractivity (Wildman–Crippen MR) is 127 cm³/mol. The van der Waals surface area contributed by atoms with Crippen LogP contribution in [0.5, 0.6) is 0 Å². The van der Waals surface area contributed by atoms with E-state index in [1.807, 2.05) is 12.1 Å². The minimum absolute atomic E-state index is 1.21. The molecular formula is C29H24. The fourth-order valence-corrected chi connectivity index (χ4v) is 3.40. The Morgan fingerprint density at radius 2 is 0.897 bits per heavy atom. The monoisotopic (exact) mass is 372 g/mol. The van der Waals surface area contributed by atoms with Crippen LogP contribution in [0.4, 0.5) is 0 Å². The van der Waals surface area contributed by atoms with E-state index in [4.69, 9.17) is 0 Å². The van der Waals surface area contributed by atoms with Crippen LogP contribution in [-0.2, 0) is 0 Å². The molecule has 0 heteroatoms. The molecule has 0 fully saturated rings. The van der Waals surface area contributed by atoms with Crippen molar-refractivity contribution in [2.75, 3.05) is 0 Å². The summed E-state index contributed by atoms with van der Waals surface area (Å²) in [5.41, 5.74) is 8.67. The smallest absolute Gasteiger partial charge is 0.0154 e. The van der Waals surface area contributed by atoms with Gasteiger partial charge >= 0.3 is 0 Å². The van der Waals surface area contributed by atoms with Crippen molar-refractivity contribution in [1.29, 1.82) is 0 Å². The molecule has 0 aliphatic carbocycles. The van der Waals surface area contributed by atoms with Crippen LogP contribution in [0.25, 0.3) is 35.4 Å². The molecule has 4 aromatic rings. The van der Waals surface area contributed by atoms with Crippen LogP contribution < -0.4 is 0 Å². The van der Waals surface area contributed by atoms with Crippen LogP contribution in [0.2, 0.25) is 0 Å². The summed E-state index contributed by atoms with van der Waals surface area (Å²) in [6.45, 7) is 2.18. The SMILES string of the molecule is Cc1cc(/C=C/c2ccccc2)ccc1-c1ccc(/C=C\c2ccccc2)cc1. The van der Waals surface area contributed by atoms with E-state index in [1.54, 1.807) is 0 Å². The Morgan fingerprint density at radius 1 is 0.448 bits per heavy atom. The zero-order valence-corrected chi connectivity index (χ0v) is 16.6. The van der Waals surface area contributed by atoms with Crippen LogP contribution in [0.15, 0.2) is 103 Å². The first-order valence-electron chi connectivity index (χ1n) is 9.95. The Kier molecular flexibility index (Phi) is 5.83. The molecule has 140 valence electrons. The fraction of sp³-hybridized carbons (Fsp3) is 0.0345. The Labute approximate surface area is 173 Å². The van der Waals surface area contributed by atoms with Crippen molar-refractivity contribution >= 4 is 24.3 Å². The summed E-state index contributed by atoms with van der Waals surface area (Å²) >= 11 is 0. The second-order valence-electron chi connectivity index (χ2n) is 7.18. The topological polar surface area (TPSA) is 0 Å². The van der Waals surface area contributed by atoms with Crippen molar-refractivity contribution in [3.8, 4) is 11.1 Å². The Balaban J connectivity index is 1.49. The van der Waals surface area contributed by atoms with E-state index in [1.165, 1.54) is 38.9 Å². The Bertz CT molecular complexity index is 1120. The highest BCUT2D eigenvalue weighted by Crippen LogP contribution is 2.26. The molecule has 0 aliphatic heterocycles. The standard InChI is InChI=1S/C29H24/c1-23-22-27(15-14-25-10-6-3-7-11-25)18-21-29(23)28-19-16-26(17-20-28)13-12-24-8-4-2-5-9-24/h2-22H,1H3/b13-12-,15-14+. The van der Waals surface area contributed by atoms with Gasteiger partial charge in [-0.25, -0.2) is 0 Å². The van der Waals surface area contributed by atoms with Crippen molar-refractivity contribution in [2.24, 2.45) is 0 Å². The summed E-state index contributed by atoms with van der Waals surface area (Å²) < 4.78 is 0. The van der Waals surface area contributed by atoms with E-state index >= 15 is 0 Å². The van der Waals surface area contributed by atoms with Gasteiger partial charge < -0.3 is 0 Å². The summed E-state index contributed by atoms with van der Waals surface area (Å²) in [7, 11) is 0. The van der Waals surface area contributed by atoms with Crippen molar-refractivity contribution in [1.82, 2.24) is 0 Å². The number of aryl methyl sites for hydroxylation is 1. The van der Waals surface area contributed by atoms with E-state index < -0.39 is 0 Å². The fourth-order valence-electron chi connectivity index (χ4n) is 3.40. The summed E-state index contributed by atoms with van der Waals surface area (Å²) in [5, 5.41) is 0. The van der Waals surface area contributed by atoms with Gasteiger partial charge in [0.15, 0.2) is 0 Å². The highest BCUT2D eigenvalue weighted by atomic mass is 14.1. The van der Waals surface area contributed by atoms with E-state index in [9.17, 15) is 0 Å². The minimum Gasteiger partial charge on any atom is -0.0622 e. The van der Waals surface area contributed by atoms with Gasteiger partial charge in [0.1, 0.15) is 0 Å². The van der Waals surface area contributed by atoms with Gasteiger partial charge in [0.2, 0.25) is 0 Å². The lowest BCUT2D eigenvalue weighted by molar-refractivity contribution is 1.44. The number of rotatable bonds is 5. The quantitative estimate of drug-likeness (QED) is 0.311. The average molecular weight is 373 g/mol. The first-order chi connectivity index (χ1) is 14.3. The van der Waals surface area contributed by atoms with Gasteiger partial charge in [0, 0.05) is 0 Å². The summed E-state index contributed by atoms with van der Waals surface area (Å²) in [6, 6.07) is 36.2. The largest absolute Gasteiger partial charge is 0.0622 e. The molecule has 0 nitrogen and oxygen atoms in total. The van der Waals surface area contributed by atoms with Crippen molar-refractivity contribution in [3.63, 3.8) is 0 Å². The Hall–Kier alpha value is -3.64. The average Bonchev–Trinajstić information content (AvgIpc) is 2.78. The lowest BCUT2D eigenvalue weighted by Crippen LogP contribution is -1.85. The normalized spacial score (nSPS) is 11.3. The lowest BCUT2D eigenvalue weighted by atomic mass is 9.97. The third-order valence-electron chi connectivity index (χ3n) is 5.01. The van der Waals surface area contributed by atoms with Crippen molar-refractivity contribution < 1.29 is 0 Å². The third kappa shape index (κ3) is 5.00. The molecule has 0 heterocycles. The number of hydrogen-bond donors (Lipinski definition) is 0. The van der Waals surface area contributed by atoms with E-state index in [0.717, 1.165) is 0 Å². The summed E-state index contributed by atoms with van der Waals surface area (Å²) in [4.78, 5) is 0. The first-order valence-corrected chi connectivity index (χ1v) is 9.95. The lowest BCUT2D eigenvalue weighted by Gasteiger charge is -2.08. The summed E-state index contributed by atoms with van der Waals surface area (Å²) in [5.74, 6) is 0. The molecule has 4 aromatic carbocycles. The zero-order valence-electron chi connectivity index (χ0n) is 16.6. The molecule has 0 bridgehead atoms. The van der Waals surface area contributed by atoms with Gasteiger partial charge in [0.25, 0.3) is 0 Å². The van der Waals surface area contributed by atoms with Crippen LogP contribution in [-0.4, -0.2) is 0 Å². The second-order valence-corrected chi connectivity index (χ2v) is 7.18. The molecule has 0 N–H and O–H groups in total. The highest BCUT2D eigenvalue weighted by Gasteiger charge is 2.02. The summed E-state index contributed by atoms with van der Waals surface area (Å²) in [6.07, 6.45) is 8.63. The molecule has 0 aromatic heterocycles. The minimum atomic E-state index is 1.21.